The Morgan fingerprint density at radius 3 is 2.45 bits per heavy atom. The van der Waals surface area contributed by atoms with E-state index in [9.17, 15) is 14.4 Å². The Kier molecular flexibility index (Phi) is 9.21. The van der Waals surface area contributed by atoms with Crippen molar-refractivity contribution >= 4 is 28.6 Å². The quantitative estimate of drug-likeness (QED) is 0.507. The van der Waals surface area contributed by atoms with Gasteiger partial charge < -0.3 is 9.88 Å². The van der Waals surface area contributed by atoms with Gasteiger partial charge in [-0.05, 0) is 29.9 Å². The van der Waals surface area contributed by atoms with Crippen LogP contribution in [0.2, 0.25) is 0 Å². The maximum absolute atomic E-state index is 12.1. The van der Waals surface area contributed by atoms with Crippen LogP contribution >= 0.6 is 0 Å². The van der Waals surface area contributed by atoms with Crippen LogP contribution in [0.15, 0.2) is 36.5 Å². The van der Waals surface area contributed by atoms with Crippen molar-refractivity contribution in [1.82, 2.24) is 20.7 Å². The van der Waals surface area contributed by atoms with Crippen LogP contribution in [-0.2, 0) is 20.9 Å². The zero-order valence-electron chi connectivity index (χ0n) is 17.4. The van der Waals surface area contributed by atoms with Gasteiger partial charge in [0, 0.05) is 31.1 Å². The van der Waals surface area contributed by atoms with Crippen molar-refractivity contribution in [2.75, 3.05) is 6.54 Å². The summed E-state index contributed by atoms with van der Waals surface area (Å²) in [4.78, 5) is 35.9. The Bertz CT molecular complexity index is 815. The highest BCUT2D eigenvalue weighted by Crippen LogP contribution is 2.14. The summed E-state index contributed by atoms with van der Waals surface area (Å²) in [6.07, 6.45) is 6.42. The molecule has 3 N–H and O–H groups in total. The van der Waals surface area contributed by atoms with Crippen molar-refractivity contribution < 1.29 is 14.4 Å². The van der Waals surface area contributed by atoms with E-state index in [1.54, 1.807) is 0 Å². The fraction of sp³-hybridized carbons (Fsp3) is 0.500. The predicted octanol–water partition coefficient (Wildman–Crippen LogP) is 2.90. The number of carbonyl (C=O) groups is 3. The van der Waals surface area contributed by atoms with Gasteiger partial charge in [-0.3, -0.25) is 25.2 Å². The SMILES string of the molecule is CCCC[C@@H](CC)CNC(=O)CCC(=O)NNC(=O)Cn1ccc2ccccc21. The van der Waals surface area contributed by atoms with Gasteiger partial charge in [-0.25, -0.2) is 0 Å². The lowest BCUT2D eigenvalue weighted by molar-refractivity contribution is -0.130. The Balaban J connectivity index is 1.65. The summed E-state index contributed by atoms with van der Waals surface area (Å²) in [7, 11) is 0. The van der Waals surface area contributed by atoms with Crippen LogP contribution in [0.1, 0.15) is 52.4 Å². The van der Waals surface area contributed by atoms with Crippen LogP contribution in [0, 0.1) is 5.92 Å². The summed E-state index contributed by atoms with van der Waals surface area (Å²) >= 11 is 0. The van der Waals surface area contributed by atoms with E-state index in [2.05, 4.69) is 30.0 Å². The largest absolute Gasteiger partial charge is 0.356 e. The molecule has 0 aliphatic rings. The Morgan fingerprint density at radius 2 is 1.69 bits per heavy atom. The maximum Gasteiger partial charge on any atom is 0.258 e. The van der Waals surface area contributed by atoms with Gasteiger partial charge in [0.15, 0.2) is 0 Å². The summed E-state index contributed by atoms with van der Waals surface area (Å²) in [6, 6.07) is 9.70. The molecule has 0 unspecified atom stereocenters. The number of hydrazine groups is 1. The van der Waals surface area contributed by atoms with Gasteiger partial charge in [0.25, 0.3) is 5.91 Å². The molecule has 0 fully saturated rings. The zero-order valence-corrected chi connectivity index (χ0v) is 17.4. The predicted molar refractivity (Wildman–Crippen MR) is 114 cm³/mol. The lowest BCUT2D eigenvalue weighted by Crippen LogP contribution is -2.43. The number of nitrogens with zero attached hydrogens (tertiary/aromatic N) is 1. The van der Waals surface area contributed by atoms with Crippen LogP contribution in [0.5, 0.6) is 0 Å². The molecule has 7 heteroatoms. The van der Waals surface area contributed by atoms with Gasteiger partial charge >= 0.3 is 0 Å². The molecule has 0 radical (unpaired) electrons. The van der Waals surface area contributed by atoms with Crippen LogP contribution in [0.25, 0.3) is 10.9 Å². The Morgan fingerprint density at radius 1 is 0.966 bits per heavy atom. The fourth-order valence-corrected chi connectivity index (χ4v) is 3.19. The third-order valence-corrected chi connectivity index (χ3v) is 5.05. The summed E-state index contributed by atoms with van der Waals surface area (Å²) < 4.78 is 1.81. The number of carbonyl (C=O) groups excluding carboxylic acids is 3. The van der Waals surface area contributed by atoms with E-state index in [0.717, 1.165) is 36.6 Å². The molecule has 2 aromatic rings. The molecule has 3 amide bonds. The van der Waals surface area contributed by atoms with Crippen molar-refractivity contribution in [3.63, 3.8) is 0 Å². The summed E-state index contributed by atoms with van der Waals surface area (Å²) in [5.41, 5.74) is 5.72. The van der Waals surface area contributed by atoms with Crippen molar-refractivity contribution in [3.05, 3.63) is 36.5 Å². The fourth-order valence-electron chi connectivity index (χ4n) is 3.19. The molecule has 0 saturated heterocycles. The highest BCUT2D eigenvalue weighted by atomic mass is 16.2. The molecule has 7 nitrogen and oxygen atoms in total. The number of rotatable bonds is 11. The molecule has 1 heterocycles. The molecule has 158 valence electrons. The highest BCUT2D eigenvalue weighted by molar-refractivity contribution is 5.86. The molecule has 0 bridgehead atoms. The first-order valence-electron chi connectivity index (χ1n) is 10.4. The molecule has 0 saturated carbocycles. The third-order valence-electron chi connectivity index (χ3n) is 5.05. The molecule has 0 aliphatic carbocycles. The minimum Gasteiger partial charge on any atom is -0.356 e. The second-order valence-corrected chi connectivity index (χ2v) is 7.32. The molecule has 2 rings (SSSR count). The van der Waals surface area contributed by atoms with Gasteiger partial charge in [-0.2, -0.15) is 0 Å². The average molecular weight is 401 g/mol. The molecule has 0 aliphatic heterocycles. The van der Waals surface area contributed by atoms with Gasteiger partial charge in [0.05, 0.1) is 0 Å². The number of aromatic nitrogens is 1. The first-order chi connectivity index (χ1) is 14.0. The maximum atomic E-state index is 12.1. The number of fused-ring (bicyclic) bond motifs is 1. The third kappa shape index (κ3) is 7.60. The minimum atomic E-state index is -0.385. The second kappa shape index (κ2) is 11.9. The topological polar surface area (TPSA) is 92.2 Å². The lowest BCUT2D eigenvalue weighted by Gasteiger charge is -2.15. The molecule has 0 spiro atoms. The van der Waals surface area contributed by atoms with E-state index in [0.29, 0.717) is 12.5 Å². The van der Waals surface area contributed by atoms with Crippen LogP contribution in [-0.4, -0.2) is 28.8 Å². The zero-order chi connectivity index (χ0) is 21.1. The van der Waals surface area contributed by atoms with E-state index in [1.807, 2.05) is 41.1 Å². The molecule has 1 aromatic heterocycles. The monoisotopic (exact) mass is 400 g/mol. The average Bonchev–Trinajstić information content (AvgIpc) is 3.13. The highest BCUT2D eigenvalue weighted by Gasteiger charge is 2.11. The van der Waals surface area contributed by atoms with Crippen LogP contribution < -0.4 is 16.2 Å². The number of unbranched alkanes of at least 4 members (excludes halogenated alkanes) is 1. The van der Waals surface area contributed by atoms with E-state index in [4.69, 9.17) is 0 Å². The van der Waals surface area contributed by atoms with Crippen molar-refractivity contribution in [2.45, 2.75) is 58.9 Å². The van der Waals surface area contributed by atoms with E-state index < -0.39 is 0 Å². The Hall–Kier alpha value is -2.83. The van der Waals surface area contributed by atoms with Crippen molar-refractivity contribution in [1.29, 1.82) is 0 Å². The lowest BCUT2D eigenvalue weighted by atomic mass is 9.99. The van der Waals surface area contributed by atoms with Crippen molar-refractivity contribution in [2.24, 2.45) is 5.92 Å². The molecule has 1 atom stereocenters. The standard InChI is InChI=1S/C22H32N4O3/c1-3-5-8-17(4-2)15-23-20(27)11-12-21(28)24-25-22(29)16-26-14-13-18-9-6-7-10-19(18)26/h6-7,9-10,13-14,17H,3-5,8,11-12,15-16H2,1-2H3,(H,23,27)(H,24,28)(H,25,29)/t17-/m1/s1. The number of amides is 3. The number of hydrogen-bond donors (Lipinski definition) is 3. The van der Waals surface area contributed by atoms with E-state index in [-0.39, 0.29) is 37.1 Å². The summed E-state index contributed by atoms with van der Waals surface area (Å²) in [5, 5.41) is 3.95. The smallest absolute Gasteiger partial charge is 0.258 e. The minimum absolute atomic E-state index is 0.0321. The number of nitrogens with one attached hydrogen (secondary N) is 3. The number of para-hydroxylation sites is 1. The van der Waals surface area contributed by atoms with Gasteiger partial charge in [0.2, 0.25) is 11.8 Å². The van der Waals surface area contributed by atoms with Crippen LogP contribution in [0.4, 0.5) is 0 Å². The molecular formula is C22H32N4O3. The first-order valence-corrected chi connectivity index (χ1v) is 10.4. The summed E-state index contributed by atoms with van der Waals surface area (Å²) in [6.45, 7) is 5.03. The molecule has 1 aromatic carbocycles. The molecular weight excluding hydrogens is 368 g/mol. The van der Waals surface area contributed by atoms with Crippen LogP contribution in [0.3, 0.4) is 0 Å². The van der Waals surface area contributed by atoms with Gasteiger partial charge in [0.1, 0.15) is 6.54 Å². The van der Waals surface area contributed by atoms with Crippen molar-refractivity contribution in [3.8, 4) is 0 Å². The summed E-state index contributed by atoms with van der Waals surface area (Å²) in [5.74, 6) is -0.369. The first kappa shape index (κ1) is 22.5. The van der Waals surface area contributed by atoms with E-state index >= 15 is 0 Å². The van der Waals surface area contributed by atoms with E-state index in [1.165, 1.54) is 0 Å². The Labute approximate surface area is 172 Å². The number of benzene rings is 1. The van der Waals surface area contributed by atoms with Gasteiger partial charge in [-0.1, -0.05) is 51.3 Å². The second-order valence-electron chi connectivity index (χ2n) is 7.32. The normalized spacial score (nSPS) is 11.8. The molecule has 29 heavy (non-hydrogen) atoms. The van der Waals surface area contributed by atoms with Gasteiger partial charge in [-0.15, -0.1) is 0 Å². The number of hydrogen-bond acceptors (Lipinski definition) is 3.